The molecule has 24 heavy (non-hydrogen) atoms. The van der Waals surface area contributed by atoms with Gasteiger partial charge in [0.15, 0.2) is 0 Å². The maximum absolute atomic E-state index is 12.3. The van der Waals surface area contributed by atoms with Crippen LogP contribution in [-0.2, 0) is 9.59 Å². The molecule has 0 spiro atoms. The zero-order valence-corrected chi connectivity index (χ0v) is 15.3. The minimum atomic E-state index is 0.285. The van der Waals surface area contributed by atoms with Crippen molar-refractivity contribution in [2.24, 2.45) is 11.8 Å². The van der Waals surface area contributed by atoms with E-state index < -0.39 is 0 Å². The van der Waals surface area contributed by atoms with Gasteiger partial charge in [0.25, 0.3) is 0 Å². The summed E-state index contributed by atoms with van der Waals surface area (Å²) in [7, 11) is 0. The van der Waals surface area contributed by atoms with Gasteiger partial charge in [0.1, 0.15) is 11.6 Å². The molecule has 0 amide bonds. The first-order valence-electron chi connectivity index (χ1n) is 9.99. The van der Waals surface area contributed by atoms with Crippen LogP contribution in [0.15, 0.2) is 24.3 Å². The Morgan fingerprint density at radius 1 is 0.583 bits per heavy atom. The van der Waals surface area contributed by atoms with Gasteiger partial charge in [-0.25, -0.2) is 0 Å². The number of ketones is 2. The Morgan fingerprint density at radius 2 is 0.917 bits per heavy atom. The smallest absolute Gasteiger partial charge is 0.136 e. The van der Waals surface area contributed by atoms with E-state index in [1.54, 1.807) is 0 Å². The Labute approximate surface area is 147 Å². The summed E-state index contributed by atoms with van der Waals surface area (Å²) in [6.45, 7) is 8.20. The van der Waals surface area contributed by atoms with E-state index in [1.165, 1.54) is 38.5 Å². The van der Waals surface area contributed by atoms with Crippen molar-refractivity contribution < 1.29 is 9.59 Å². The molecule has 2 aliphatic carbocycles. The van der Waals surface area contributed by atoms with Crippen LogP contribution in [0.4, 0.5) is 0 Å². The predicted molar refractivity (Wildman–Crippen MR) is 99.9 cm³/mol. The summed E-state index contributed by atoms with van der Waals surface area (Å²) >= 11 is 0. The van der Waals surface area contributed by atoms with Gasteiger partial charge in [-0.1, -0.05) is 62.8 Å². The summed E-state index contributed by atoms with van der Waals surface area (Å²) in [4.78, 5) is 24.5. The van der Waals surface area contributed by atoms with Crippen LogP contribution in [0, 0.1) is 11.8 Å². The van der Waals surface area contributed by atoms with Gasteiger partial charge in [-0.15, -0.1) is 0 Å². The SMILES string of the molecule is C=C(CCC(=O)C1CCCCC1)C(=C)CCC(=O)C1CCCCC1. The van der Waals surface area contributed by atoms with Crippen molar-refractivity contribution in [3.8, 4) is 0 Å². The minimum Gasteiger partial charge on any atom is -0.299 e. The summed E-state index contributed by atoms with van der Waals surface area (Å²) in [5.74, 6) is 1.38. The van der Waals surface area contributed by atoms with Gasteiger partial charge in [-0.2, -0.15) is 0 Å². The molecule has 0 radical (unpaired) electrons. The molecule has 2 rings (SSSR count). The van der Waals surface area contributed by atoms with Gasteiger partial charge < -0.3 is 0 Å². The van der Waals surface area contributed by atoms with E-state index in [0.29, 0.717) is 37.2 Å². The van der Waals surface area contributed by atoms with Crippen LogP contribution in [0.3, 0.4) is 0 Å². The Bertz CT molecular complexity index is 418. The number of carbonyl (C=O) groups excluding carboxylic acids is 2. The molecule has 0 aromatic heterocycles. The Balaban J connectivity index is 1.65. The van der Waals surface area contributed by atoms with E-state index >= 15 is 0 Å². The summed E-state index contributed by atoms with van der Waals surface area (Å²) in [6.07, 6.45) is 14.3. The van der Waals surface area contributed by atoms with Crippen LogP contribution in [0.2, 0.25) is 0 Å². The molecule has 2 nitrogen and oxygen atoms in total. The van der Waals surface area contributed by atoms with Crippen molar-refractivity contribution in [1.29, 1.82) is 0 Å². The zero-order valence-electron chi connectivity index (χ0n) is 15.3. The highest BCUT2D eigenvalue weighted by atomic mass is 16.1. The van der Waals surface area contributed by atoms with Crippen LogP contribution >= 0.6 is 0 Å². The fourth-order valence-corrected chi connectivity index (χ4v) is 4.16. The molecule has 0 atom stereocenters. The molecule has 0 aliphatic heterocycles. The third-order valence-electron chi connectivity index (χ3n) is 5.97. The van der Waals surface area contributed by atoms with Crippen molar-refractivity contribution in [3.63, 3.8) is 0 Å². The number of hydrogen-bond donors (Lipinski definition) is 0. The summed E-state index contributed by atoms with van der Waals surface area (Å²) in [5, 5.41) is 0. The molecule has 2 saturated carbocycles. The number of hydrogen-bond acceptors (Lipinski definition) is 2. The molecule has 0 aromatic rings. The molecule has 134 valence electrons. The molecule has 2 fully saturated rings. The first-order valence-corrected chi connectivity index (χ1v) is 9.99. The van der Waals surface area contributed by atoms with Crippen molar-refractivity contribution >= 4 is 11.6 Å². The number of carbonyl (C=O) groups is 2. The second-order valence-electron chi connectivity index (χ2n) is 7.81. The lowest BCUT2D eigenvalue weighted by Gasteiger charge is -2.21. The Morgan fingerprint density at radius 3 is 1.25 bits per heavy atom. The minimum absolute atomic E-state index is 0.285. The average Bonchev–Trinajstić information content (AvgIpc) is 2.64. The average molecular weight is 331 g/mol. The summed E-state index contributed by atoms with van der Waals surface area (Å²) < 4.78 is 0. The quantitative estimate of drug-likeness (QED) is 0.489. The largest absolute Gasteiger partial charge is 0.299 e. The number of Topliss-reactive ketones (excluding diaryl/α,β-unsaturated/α-hetero) is 2. The predicted octanol–water partition coefficient (Wildman–Crippen LogP) is 5.96. The number of allylic oxidation sites excluding steroid dienone is 2. The van der Waals surface area contributed by atoms with Crippen LogP contribution in [-0.4, -0.2) is 11.6 Å². The maximum atomic E-state index is 12.3. The third kappa shape index (κ3) is 6.03. The van der Waals surface area contributed by atoms with Gasteiger partial charge in [0.2, 0.25) is 0 Å². The van der Waals surface area contributed by atoms with Crippen molar-refractivity contribution in [2.75, 3.05) is 0 Å². The van der Waals surface area contributed by atoms with E-state index in [9.17, 15) is 9.59 Å². The van der Waals surface area contributed by atoms with Crippen LogP contribution < -0.4 is 0 Å². The molecular weight excluding hydrogens is 296 g/mol. The second kappa shape index (κ2) is 9.96. The highest BCUT2D eigenvalue weighted by Crippen LogP contribution is 2.29. The van der Waals surface area contributed by atoms with E-state index in [-0.39, 0.29) is 11.8 Å². The Hall–Kier alpha value is -1.18. The first-order chi connectivity index (χ1) is 11.6. The van der Waals surface area contributed by atoms with Gasteiger partial charge in [0.05, 0.1) is 0 Å². The second-order valence-corrected chi connectivity index (χ2v) is 7.81. The third-order valence-corrected chi connectivity index (χ3v) is 5.97. The monoisotopic (exact) mass is 330 g/mol. The van der Waals surface area contributed by atoms with E-state index in [4.69, 9.17) is 0 Å². The van der Waals surface area contributed by atoms with Gasteiger partial charge >= 0.3 is 0 Å². The summed E-state index contributed by atoms with van der Waals surface area (Å²) in [5.41, 5.74) is 1.94. The molecule has 0 saturated heterocycles. The Kier molecular flexibility index (Phi) is 7.94. The normalized spacial score (nSPS) is 19.8. The van der Waals surface area contributed by atoms with Gasteiger partial charge in [0, 0.05) is 24.7 Å². The molecule has 0 N–H and O–H groups in total. The molecular formula is C22H34O2. The molecule has 0 heterocycles. The van der Waals surface area contributed by atoms with E-state index in [0.717, 1.165) is 36.8 Å². The zero-order chi connectivity index (χ0) is 17.4. The van der Waals surface area contributed by atoms with Gasteiger partial charge in [-0.05, 0) is 38.5 Å². The van der Waals surface area contributed by atoms with Gasteiger partial charge in [-0.3, -0.25) is 9.59 Å². The van der Waals surface area contributed by atoms with Crippen LogP contribution in [0.25, 0.3) is 0 Å². The maximum Gasteiger partial charge on any atom is 0.136 e. The molecule has 2 aliphatic rings. The van der Waals surface area contributed by atoms with E-state index in [1.807, 2.05) is 0 Å². The topological polar surface area (TPSA) is 34.1 Å². The van der Waals surface area contributed by atoms with Crippen LogP contribution in [0.5, 0.6) is 0 Å². The molecule has 0 bridgehead atoms. The molecule has 0 unspecified atom stereocenters. The van der Waals surface area contributed by atoms with Crippen molar-refractivity contribution in [2.45, 2.75) is 89.9 Å². The van der Waals surface area contributed by atoms with Crippen molar-refractivity contribution in [3.05, 3.63) is 24.3 Å². The standard InChI is InChI=1S/C22H34O2/c1-17(13-15-21(23)19-9-5-3-6-10-19)18(2)14-16-22(24)20-11-7-4-8-12-20/h19-20H,1-16H2. The fraction of sp³-hybridized carbons (Fsp3) is 0.727. The summed E-state index contributed by atoms with van der Waals surface area (Å²) in [6, 6.07) is 0. The van der Waals surface area contributed by atoms with Crippen molar-refractivity contribution in [1.82, 2.24) is 0 Å². The molecule has 2 heteroatoms. The highest BCUT2D eigenvalue weighted by Gasteiger charge is 2.22. The number of rotatable bonds is 9. The van der Waals surface area contributed by atoms with Crippen LogP contribution in [0.1, 0.15) is 89.9 Å². The lowest BCUT2D eigenvalue weighted by Crippen LogP contribution is -2.18. The molecule has 0 aromatic carbocycles. The lowest BCUT2D eigenvalue weighted by atomic mass is 9.83. The first kappa shape index (κ1) is 19.1. The van der Waals surface area contributed by atoms with E-state index in [2.05, 4.69) is 13.2 Å². The highest BCUT2D eigenvalue weighted by molar-refractivity contribution is 5.82. The fourth-order valence-electron chi connectivity index (χ4n) is 4.16. The lowest BCUT2D eigenvalue weighted by molar-refractivity contribution is -0.124.